The van der Waals surface area contributed by atoms with Gasteiger partial charge in [-0.25, -0.2) is 4.39 Å². The summed E-state index contributed by atoms with van der Waals surface area (Å²) in [4.78, 5) is 14.4. The zero-order valence-corrected chi connectivity index (χ0v) is 18.2. The molecule has 0 spiro atoms. The van der Waals surface area contributed by atoms with Gasteiger partial charge in [0, 0.05) is 43.6 Å². The zero-order valence-electron chi connectivity index (χ0n) is 17.4. The fraction of sp³-hybridized carbons (Fsp3) is 0.318. The minimum Gasteiger partial charge on any atom is -0.372 e. The molecule has 8 heteroatoms. The Hall–Kier alpha value is -2.87. The summed E-state index contributed by atoms with van der Waals surface area (Å²) in [5, 5.41) is 11.9. The second-order valence-electron chi connectivity index (χ2n) is 6.71. The summed E-state index contributed by atoms with van der Waals surface area (Å²) in [5.74, 6) is 0.623. The number of hydrogen-bond acceptors (Lipinski definition) is 5. The molecule has 3 aromatic rings. The van der Waals surface area contributed by atoms with E-state index < -0.39 is 5.82 Å². The zero-order chi connectivity index (χ0) is 21.5. The number of nitrogens with zero attached hydrogens (tertiary/aromatic N) is 4. The first-order valence-corrected chi connectivity index (χ1v) is 10.9. The summed E-state index contributed by atoms with van der Waals surface area (Å²) in [6, 6.07) is 14.4. The number of aromatic nitrogens is 3. The first kappa shape index (κ1) is 21.8. The molecule has 1 aromatic heterocycles. The van der Waals surface area contributed by atoms with Crippen LogP contribution in [0.5, 0.6) is 0 Å². The van der Waals surface area contributed by atoms with Gasteiger partial charge < -0.3 is 14.8 Å². The van der Waals surface area contributed by atoms with Crippen LogP contribution >= 0.6 is 11.8 Å². The first-order valence-electron chi connectivity index (χ1n) is 9.95. The van der Waals surface area contributed by atoms with Crippen LogP contribution in [0.15, 0.2) is 53.7 Å². The van der Waals surface area contributed by atoms with E-state index in [0.717, 1.165) is 29.6 Å². The van der Waals surface area contributed by atoms with E-state index in [4.69, 9.17) is 0 Å². The van der Waals surface area contributed by atoms with Crippen LogP contribution in [0.1, 0.15) is 20.3 Å². The van der Waals surface area contributed by atoms with Gasteiger partial charge in [0.25, 0.3) is 0 Å². The van der Waals surface area contributed by atoms with E-state index in [-0.39, 0.29) is 18.0 Å². The van der Waals surface area contributed by atoms with Gasteiger partial charge in [0.05, 0.1) is 5.69 Å². The van der Waals surface area contributed by atoms with Crippen LogP contribution in [0.4, 0.5) is 15.8 Å². The van der Waals surface area contributed by atoms with Crippen molar-refractivity contribution in [3.05, 3.63) is 54.3 Å². The molecule has 0 bridgehead atoms. The van der Waals surface area contributed by atoms with Gasteiger partial charge in [0.2, 0.25) is 5.91 Å². The number of para-hydroxylation sites is 1. The van der Waals surface area contributed by atoms with Gasteiger partial charge in [-0.05, 0) is 50.2 Å². The van der Waals surface area contributed by atoms with Crippen molar-refractivity contribution in [2.45, 2.75) is 25.4 Å². The lowest BCUT2D eigenvalue weighted by molar-refractivity contribution is -0.115. The summed E-state index contributed by atoms with van der Waals surface area (Å²) in [6.45, 7) is 6.20. The second-order valence-corrected chi connectivity index (χ2v) is 7.77. The highest BCUT2D eigenvalue weighted by Gasteiger charge is 2.13. The van der Waals surface area contributed by atoms with Crippen LogP contribution in [0, 0.1) is 5.82 Å². The molecule has 0 aliphatic heterocycles. The molecular formula is C22H26FN5OS. The number of nitrogens with one attached hydrogen (secondary N) is 1. The molecule has 0 aliphatic carbocycles. The quantitative estimate of drug-likeness (QED) is 0.506. The Kier molecular flexibility index (Phi) is 7.46. The molecule has 2 aromatic carbocycles. The molecule has 3 rings (SSSR count). The highest BCUT2D eigenvalue weighted by Crippen LogP contribution is 2.25. The molecule has 6 nitrogen and oxygen atoms in total. The number of rotatable bonds is 9. The largest absolute Gasteiger partial charge is 0.372 e. The number of halogens is 1. The van der Waals surface area contributed by atoms with E-state index in [1.54, 1.807) is 18.2 Å². The van der Waals surface area contributed by atoms with E-state index in [9.17, 15) is 9.18 Å². The van der Waals surface area contributed by atoms with Crippen LogP contribution in [-0.4, -0.2) is 39.5 Å². The summed E-state index contributed by atoms with van der Waals surface area (Å²) in [6.07, 6.45) is 0.250. The van der Waals surface area contributed by atoms with Gasteiger partial charge in [-0.2, -0.15) is 0 Å². The minimum absolute atomic E-state index is 0.196. The summed E-state index contributed by atoms with van der Waals surface area (Å²) in [5.41, 5.74) is 2.37. The molecule has 0 fully saturated rings. The van der Waals surface area contributed by atoms with E-state index in [2.05, 4.69) is 46.4 Å². The van der Waals surface area contributed by atoms with Crippen molar-refractivity contribution >= 4 is 29.0 Å². The molecule has 30 heavy (non-hydrogen) atoms. The molecule has 1 N–H and O–H groups in total. The predicted octanol–water partition coefficient (Wildman–Crippen LogP) is 4.59. The van der Waals surface area contributed by atoms with Gasteiger partial charge in [0.15, 0.2) is 11.0 Å². The Balaban J connectivity index is 1.58. The summed E-state index contributed by atoms with van der Waals surface area (Å²) in [7, 11) is 1.91. The number of thioether (sulfide) groups is 1. The third-order valence-electron chi connectivity index (χ3n) is 4.80. The number of carbonyl (C=O) groups excluding carboxylic acids is 1. The number of anilines is 2. The van der Waals surface area contributed by atoms with Crippen LogP contribution in [0.2, 0.25) is 0 Å². The van der Waals surface area contributed by atoms with Crippen LogP contribution in [0.3, 0.4) is 0 Å². The van der Waals surface area contributed by atoms with Crippen molar-refractivity contribution in [3.63, 3.8) is 0 Å². The van der Waals surface area contributed by atoms with Crippen LogP contribution in [0.25, 0.3) is 11.4 Å². The van der Waals surface area contributed by atoms with E-state index in [0.29, 0.717) is 5.75 Å². The average molecular weight is 428 g/mol. The maximum Gasteiger partial charge on any atom is 0.225 e. The van der Waals surface area contributed by atoms with Gasteiger partial charge in [0.1, 0.15) is 5.82 Å². The molecule has 0 radical (unpaired) electrons. The molecule has 0 aliphatic rings. The highest BCUT2D eigenvalue weighted by atomic mass is 32.2. The molecule has 0 unspecified atom stereocenters. The summed E-state index contributed by atoms with van der Waals surface area (Å²) < 4.78 is 15.5. The van der Waals surface area contributed by atoms with Crippen molar-refractivity contribution in [1.82, 2.24) is 14.8 Å². The van der Waals surface area contributed by atoms with Gasteiger partial charge in [-0.3, -0.25) is 4.79 Å². The van der Waals surface area contributed by atoms with Crippen molar-refractivity contribution in [1.29, 1.82) is 0 Å². The highest BCUT2D eigenvalue weighted by molar-refractivity contribution is 7.99. The Morgan fingerprint density at radius 2 is 1.80 bits per heavy atom. The normalized spacial score (nSPS) is 10.8. The van der Waals surface area contributed by atoms with Gasteiger partial charge >= 0.3 is 0 Å². The van der Waals surface area contributed by atoms with E-state index >= 15 is 0 Å². The Morgan fingerprint density at radius 1 is 1.10 bits per heavy atom. The third-order valence-corrected chi connectivity index (χ3v) is 5.82. The molecular weight excluding hydrogens is 401 g/mol. The summed E-state index contributed by atoms with van der Waals surface area (Å²) >= 11 is 1.45. The topological polar surface area (TPSA) is 63.1 Å². The number of hydrogen-bond donors (Lipinski definition) is 1. The Labute approximate surface area is 180 Å². The SMILES string of the molecule is CCN(CC)c1ccc(-c2nnc(SCCC(=O)Nc3ccccc3F)n2C)cc1. The van der Waals surface area contributed by atoms with Crippen molar-refractivity contribution < 1.29 is 9.18 Å². The number of amides is 1. The third kappa shape index (κ3) is 5.18. The molecule has 1 heterocycles. The Morgan fingerprint density at radius 3 is 2.47 bits per heavy atom. The number of carbonyl (C=O) groups is 1. The van der Waals surface area contributed by atoms with Crippen LogP contribution < -0.4 is 10.2 Å². The fourth-order valence-electron chi connectivity index (χ4n) is 3.11. The first-order chi connectivity index (χ1) is 14.5. The lowest BCUT2D eigenvalue weighted by Crippen LogP contribution is -2.21. The standard InChI is InChI=1S/C22H26FN5OS/c1-4-28(5-2)17-12-10-16(11-13-17)21-25-26-22(27(21)3)30-15-14-20(29)24-19-9-7-6-8-18(19)23/h6-13H,4-5,14-15H2,1-3H3,(H,24,29). The van der Waals surface area contributed by atoms with E-state index in [1.807, 2.05) is 23.7 Å². The minimum atomic E-state index is -0.441. The average Bonchev–Trinajstić information content (AvgIpc) is 3.11. The molecule has 0 saturated carbocycles. The predicted molar refractivity (Wildman–Crippen MR) is 120 cm³/mol. The maximum atomic E-state index is 13.6. The fourth-order valence-corrected chi connectivity index (χ4v) is 3.96. The van der Waals surface area contributed by atoms with Crippen molar-refractivity contribution in [2.75, 3.05) is 29.1 Å². The van der Waals surface area contributed by atoms with Crippen molar-refractivity contribution in [3.8, 4) is 11.4 Å². The smallest absolute Gasteiger partial charge is 0.225 e. The second kappa shape index (κ2) is 10.2. The molecule has 0 atom stereocenters. The monoisotopic (exact) mass is 427 g/mol. The molecule has 0 saturated heterocycles. The molecule has 1 amide bonds. The van der Waals surface area contributed by atoms with Gasteiger partial charge in [-0.15, -0.1) is 10.2 Å². The molecule has 158 valence electrons. The van der Waals surface area contributed by atoms with Crippen molar-refractivity contribution in [2.24, 2.45) is 7.05 Å². The lowest BCUT2D eigenvalue weighted by Gasteiger charge is -2.21. The lowest BCUT2D eigenvalue weighted by atomic mass is 10.2. The van der Waals surface area contributed by atoms with E-state index in [1.165, 1.54) is 23.5 Å². The van der Waals surface area contributed by atoms with Gasteiger partial charge in [-0.1, -0.05) is 23.9 Å². The Bertz CT molecular complexity index is 985. The number of benzene rings is 2. The van der Waals surface area contributed by atoms with Crippen LogP contribution in [-0.2, 0) is 11.8 Å². The maximum absolute atomic E-state index is 13.6.